The van der Waals surface area contributed by atoms with E-state index in [2.05, 4.69) is 160 Å². The zero-order valence-electron chi connectivity index (χ0n) is 27.1. The van der Waals surface area contributed by atoms with Gasteiger partial charge in [0.05, 0.1) is 5.69 Å². The van der Waals surface area contributed by atoms with Gasteiger partial charge in [-0.3, -0.25) is 0 Å². The van der Waals surface area contributed by atoms with Gasteiger partial charge in [0.2, 0.25) is 0 Å². The molecule has 0 spiro atoms. The maximum absolute atomic E-state index is 6.41. The van der Waals surface area contributed by atoms with Crippen LogP contribution in [-0.2, 0) is 5.41 Å². The fraction of sp³-hybridized carbons (Fsp3) is 0.111. The van der Waals surface area contributed by atoms with Crippen molar-refractivity contribution in [1.82, 2.24) is 0 Å². The Labute approximate surface area is 275 Å². The van der Waals surface area contributed by atoms with Gasteiger partial charge in [0, 0.05) is 33.6 Å². The maximum Gasteiger partial charge on any atom is 0.137 e. The number of hydrogen-bond acceptors (Lipinski definition) is 2. The largest absolute Gasteiger partial charge is 0.456 e. The zero-order chi connectivity index (χ0) is 31.9. The minimum atomic E-state index is -0.0969. The van der Waals surface area contributed by atoms with Gasteiger partial charge >= 0.3 is 0 Å². The van der Waals surface area contributed by atoms with E-state index in [4.69, 9.17) is 4.42 Å². The molecule has 0 unspecified atom stereocenters. The lowest BCUT2D eigenvalue weighted by molar-refractivity contribution is 0.660. The highest BCUT2D eigenvalue weighted by Crippen LogP contribution is 2.51. The fourth-order valence-corrected chi connectivity index (χ4v) is 7.94. The van der Waals surface area contributed by atoms with E-state index in [1.54, 1.807) is 0 Å². The average Bonchev–Trinajstić information content (AvgIpc) is 3.57. The van der Waals surface area contributed by atoms with Gasteiger partial charge in [0.25, 0.3) is 0 Å². The standard InChI is InChI=1S/C45H35NO/c1-28-23-33(32-18-17-30-11-5-6-12-31(30)25-32)24-29(2)44(28)46(35-20-22-39-38-14-8-10-16-42(38)47-43(39)27-35)34-19-21-37-36-13-7-9-15-40(36)45(3,4)41(37)26-34/h5-27H,1-4H3. The van der Waals surface area contributed by atoms with Crippen LogP contribution >= 0.6 is 0 Å². The van der Waals surface area contributed by atoms with Crippen molar-refractivity contribution in [3.63, 3.8) is 0 Å². The molecular formula is C45H35NO. The highest BCUT2D eigenvalue weighted by atomic mass is 16.3. The van der Waals surface area contributed by atoms with Gasteiger partial charge < -0.3 is 9.32 Å². The van der Waals surface area contributed by atoms with Crippen LogP contribution < -0.4 is 4.90 Å². The SMILES string of the molecule is Cc1cc(-c2ccc3ccccc3c2)cc(C)c1N(c1ccc2c(c1)C(C)(C)c1ccccc1-2)c1ccc2c(c1)oc1ccccc12. The minimum absolute atomic E-state index is 0.0969. The smallest absolute Gasteiger partial charge is 0.137 e. The first-order chi connectivity index (χ1) is 22.9. The molecule has 0 N–H and O–H groups in total. The summed E-state index contributed by atoms with van der Waals surface area (Å²) in [6.45, 7) is 9.18. The summed E-state index contributed by atoms with van der Waals surface area (Å²) in [7, 11) is 0. The maximum atomic E-state index is 6.41. The topological polar surface area (TPSA) is 16.4 Å². The van der Waals surface area contributed by atoms with E-state index in [0.29, 0.717) is 0 Å². The molecule has 1 aromatic heterocycles. The highest BCUT2D eigenvalue weighted by Gasteiger charge is 2.36. The summed E-state index contributed by atoms with van der Waals surface area (Å²) in [5.74, 6) is 0. The zero-order valence-corrected chi connectivity index (χ0v) is 27.1. The summed E-state index contributed by atoms with van der Waals surface area (Å²) in [6, 6.07) is 50.8. The number of aryl methyl sites for hydroxylation is 2. The third-order valence-electron chi connectivity index (χ3n) is 10.2. The summed E-state index contributed by atoms with van der Waals surface area (Å²) in [4.78, 5) is 2.43. The fourth-order valence-electron chi connectivity index (χ4n) is 7.94. The van der Waals surface area contributed by atoms with Gasteiger partial charge in [0.1, 0.15) is 11.2 Å². The Hall–Kier alpha value is -5.60. The number of furan rings is 1. The molecule has 0 radical (unpaired) electrons. The molecule has 1 aliphatic carbocycles. The van der Waals surface area contributed by atoms with Crippen molar-refractivity contribution in [2.24, 2.45) is 0 Å². The molecule has 1 heterocycles. The molecular weight excluding hydrogens is 571 g/mol. The van der Waals surface area contributed by atoms with E-state index in [0.717, 1.165) is 33.3 Å². The van der Waals surface area contributed by atoms with Crippen LogP contribution in [0.25, 0.3) is 55.0 Å². The van der Waals surface area contributed by atoms with Crippen LogP contribution in [0.1, 0.15) is 36.1 Å². The Kier molecular flexibility index (Phi) is 6.01. The van der Waals surface area contributed by atoms with Crippen molar-refractivity contribution in [3.8, 4) is 22.3 Å². The van der Waals surface area contributed by atoms with Gasteiger partial charge in [-0.2, -0.15) is 0 Å². The number of para-hydroxylation sites is 1. The summed E-state index contributed by atoms with van der Waals surface area (Å²) in [6.07, 6.45) is 0. The molecule has 2 heteroatoms. The quantitative estimate of drug-likeness (QED) is 0.198. The Bertz CT molecular complexity index is 2510. The molecule has 0 amide bonds. The van der Waals surface area contributed by atoms with Gasteiger partial charge in [0.15, 0.2) is 0 Å². The van der Waals surface area contributed by atoms with Gasteiger partial charge in [-0.1, -0.05) is 98.8 Å². The number of benzene rings is 7. The molecule has 7 aromatic carbocycles. The van der Waals surface area contributed by atoms with E-state index < -0.39 is 0 Å². The van der Waals surface area contributed by atoms with E-state index in [9.17, 15) is 0 Å². The minimum Gasteiger partial charge on any atom is -0.456 e. The monoisotopic (exact) mass is 605 g/mol. The van der Waals surface area contributed by atoms with E-state index in [1.165, 1.54) is 61.0 Å². The van der Waals surface area contributed by atoms with Crippen LogP contribution in [0.5, 0.6) is 0 Å². The predicted molar refractivity (Wildman–Crippen MR) is 198 cm³/mol. The number of hydrogen-bond donors (Lipinski definition) is 0. The first-order valence-electron chi connectivity index (χ1n) is 16.4. The molecule has 9 rings (SSSR count). The van der Waals surface area contributed by atoms with Gasteiger partial charge in [-0.15, -0.1) is 0 Å². The van der Waals surface area contributed by atoms with E-state index in [-0.39, 0.29) is 5.41 Å². The second-order valence-electron chi connectivity index (χ2n) is 13.5. The predicted octanol–water partition coefficient (Wildman–Crippen LogP) is 12.8. The summed E-state index contributed by atoms with van der Waals surface area (Å²) in [5.41, 5.74) is 15.4. The molecule has 1 aliphatic rings. The summed E-state index contributed by atoms with van der Waals surface area (Å²) < 4.78 is 6.41. The molecule has 0 fully saturated rings. The van der Waals surface area contributed by atoms with Crippen molar-refractivity contribution >= 4 is 49.8 Å². The van der Waals surface area contributed by atoms with E-state index >= 15 is 0 Å². The Morgan fingerprint density at radius 3 is 2.00 bits per heavy atom. The molecule has 47 heavy (non-hydrogen) atoms. The Morgan fingerprint density at radius 1 is 0.489 bits per heavy atom. The average molecular weight is 606 g/mol. The molecule has 0 saturated carbocycles. The lowest BCUT2D eigenvalue weighted by atomic mass is 9.82. The lowest BCUT2D eigenvalue weighted by Crippen LogP contribution is -2.17. The van der Waals surface area contributed by atoms with Crippen molar-refractivity contribution in [2.75, 3.05) is 4.90 Å². The third kappa shape index (κ3) is 4.25. The van der Waals surface area contributed by atoms with Gasteiger partial charge in [-0.05, 0) is 118 Å². The normalized spacial score (nSPS) is 13.3. The van der Waals surface area contributed by atoms with Crippen LogP contribution in [0.3, 0.4) is 0 Å². The molecule has 2 nitrogen and oxygen atoms in total. The van der Waals surface area contributed by atoms with Crippen LogP contribution in [-0.4, -0.2) is 0 Å². The molecule has 0 bridgehead atoms. The third-order valence-corrected chi connectivity index (χ3v) is 10.2. The number of anilines is 3. The first kappa shape index (κ1) is 27.7. The molecule has 0 atom stereocenters. The highest BCUT2D eigenvalue weighted by molar-refractivity contribution is 6.06. The number of nitrogens with zero attached hydrogens (tertiary/aromatic N) is 1. The van der Waals surface area contributed by atoms with Crippen molar-refractivity contribution < 1.29 is 4.42 Å². The van der Waals surface area contributed by atoms with Crippen molar-refractivity contribution in [3.05, 3.63) is 162 Å². The second kappa shape index (κ2) is 10.2. The second-order valence-corrected chi connectivity index (χ2v) is 13.5. The van der Waals surface area contributed by atoms with Crippen molar-refractivity contribution in [2.45, 2.75) is 33.1 Å². The summed E-state index contributed by atoms with van der Waals surface area (Å²) >= 11 is 0. The lowest BCUT2D eigenvalue weighted by Gasteiger charge is -2.31. The molecule has 8 aromatic rings. The van der Waals surface area contributed by atoms with Crippen LogP contribution in [0, 0.1) is 13.8 Å². The van der Waals surface area contributed by atoms with E-state index in [1.807, 2.05) is 12.1 Å². The van der Waals surface area contributed by atoms with Crippen LogP contribution in [0.4, 0.5) is 17.1 Å². The van der Waals surface area contributed by atoms with Crippen LogP contribution in [0.15, 0.2) is 144 Å². The van der Waals surface area contributed by atoms with Crippen molar-refractivity contribution in [1.29, 1.82) is 0 Å². The number of rotatable bonds is 4. The Balaban J connectivity index is 1.24. The molecule has 0 saturated heterocycles. The van der Waals surface area contributed by atoms with Gasteiger partial charge in [-0.25, -0.2) is 0 Å². The summed E-state index contributed by atoms with van der Waals surface area (Å²) in [5, 5.41) is 4.79. The Morgan fingerprint density at radius 2 is 1.15 bits per heavy atom. The van der Waals surface area contributed by atoms with Crippen LogP contribution in [0.2, 0.25) is 0 Å². The molecule has 0 aliphatic heterocycles. The number of fused-ring (bicyclic) bond motifs is 7. The first-order valence-corrected chi connectivity index (χ1v) is 16.4. The molecule has 226 valence electrons.